The van der Waals surface area contributed by atoms with Gasteiger partial charge in [-0.2, -0.15) is 0 Å². The van der Waals surface area contributed by atoms with E-state index in [9.17, 15) is 5.11 Å². The Kier molecular flexibility index (Phi) is 11.0. The number of phenols is 1. The molecular weight excluding hydrogens is 497 g/mol. The number of aromatic hydroxyl groups is 1. The lowest BCUT2D eigenvalue weighted by Crippen LogP contribution is -2.47. The predicted molar refractivity (Wildman–Crippen MR) is 129 cm³/mol. The standard InChI is InChI=1S/C22H35N3O4.HI/c1-3-23-22(24-15-17-7-8-21(27-2)20(26)14-17)25-11-9-18(10-12-25)29-16-19-6-4-5-13-28-19;/h7-8,14,18-19,26H,3-6,9-13,15-16H2,1-2H3,(H,23,24);1H. The van der Waals surface area contributed by atoms with Gasteiger partial charge in [-0.3, -0.25) is 0 Å². The Morgan fingerprint density at radius 2 is 2.07 bits per heavy atom. The van der Waals surface area contributed by atoms with Gasteiger partial charge in [0.25, 0.3) is 0 Å². The lowest BCUT2D eigenvalue weighted by molar-refractivity contribution is -0.0721. The van der Waals surface area contributed by atoms with Crippen LogP contribution < -0.4 is 10.1 Å². The molecule has 2 aliphatic heterocycles. The van der Waals surface area contributed by atoms with Crippen LogP contribution in [0.25, 0.3) is 0 Å². The fourth-order valence-corrected chi connectivity index (χ4v) is 3.84. The number of hydrogen-bond donors (Lipinski definition) is 2. The second-order valence-corrected chi connectivity index (χ2v) is 7.68. The minimum Gasteiger partial charge on any atom is -0.504 e. The summed E-state index contributed by atoms with van der Waals surface area (Å²) < 4.78 is 17.0. The molecular formula is C22H36IN3O4. The largest absolute Gasteiger partial charge is 0.504 e. The number of guanidine groups is 1. The van der Waals surface area contributed by atoms with Crippen molar-refractivity contribution < 1.29 is 19.3 Å². The van der Waals surface area contributed by atoms with E-state index in [1.165, 1.54) is 12.8 Å². The number of halogens is 1. The molecule has 2 N–H and O–H groups in total. The zero-order chi connectivity index (χ0) is 20.5. The number of likely N-dealkylation sites (tertiary alicyclic amines) is 1. The molecule has 30 heavy (non-hydrogen) atoms. The van der Waals surface area contributed by atoms with Crippen molar-refractivity contribution >= 4 is 29.9 Å². The van der Waals surface area contributed by atoms with Gasteiger partial charge >= 0.3 is 0 Å². The lowest BCUT2D eigenvalue weighted by atomic mass is 10.1. The molecule has 2 aliphatic rings. The highest BCUT2D eigenvalue weighted by Crippen LogP contribution is 2.26. The number of nitrogens with zero attached hydrogens (tertiary/aromatic N) is 2. The van der Waals surface area contributed by atoms with Crippen molar-refractivity contribution in [2.45, 2.75) is 57.8 Å². The van der Waals surface area contributed by atoms with E-state index in [2.05, 4.69) is 17.1 Å². The van der Waals surface area contributed by atoms with Crippen LogP contribution in [0, 0.1) is 0 Å². The molecule has 8 heteroatoms. The highest BCUT2D eigenvalue weighted by Gasteiger charge is 2.23. The summed E-state index contributed by atoms with van der Waals surface area (Å²) in [5, 5.41) is 13.3. The molecule has 1 atom stereocenters. The smallest absolute Gasteiger partial charge is 0.194 e. The normalized spacial score (nSPS) is 20.5. The van der Waals surface area contributed by atoms with E-state index in [0.717, 1.165) is 63.6 Å². The average Bonchev–Trinajstić information content (AvgIpc) is 2.76. The maximum absolute atomic E-state index is 9.96. The van der Waals surface area contributed by atoms with Crippen molar-refractivity contribution in [1.82, 2.24) is 10.2 Å². The summed E-state index contributed by atoms with van der Waals surface area (Å²) in [4.78, 5) is 7.06. The molecule has 2 fully saturated rings. The third kappa shape index (κ3) is 7.46. The molecule has 0 aliphatic carbocycles. The zero-order valence-electron chi connectivity index (χ0n) is 18.1. The van der Waals surface area contributed by atoms with Crippen LogP contribution in [0.15, 0.2) is 23.2 Å². The molecule has 0 bridgehead atoms. The van der Waals surface area contributed by atoms with Gasteiger partial charge in [-0.1, -0.05) is 6.07 Å². The quantitative estimate of drug-likeness (QED) is 0.318. The molecule has 0 spiro atoms. The van der Waals surface area contributed by atoms with Crippen molar-refractivity contribution in [1.29, 1.82) is 0 Å². The Labute approximate surface area is 197 Å². The van der Waals surface area contributed by atoms with Crippen LogP contribution in [0.2, 0.25) is 0 Å². The van der Waals surface area contributed by atoms with Gasteiger partial charge in [0, 0.05) is 26.2 Å². The number of benzene rings is 1. The van der Waals surface area contributed by atoms with Crippen LogP contribution in [0.4, 0.5) is 0 Å². The summed E-state index contributed by atoms with van der Waals surface area (Å²) in [6.07, 6.45) is 6.14. The first-order chi connectivity index (χ1) is 14.2. The molecule has 0 radical (unpaired) electrons. The van der Waals surface area contributed by atoms with Gasteiger partial charge in [0.15, 0.2) is 17.5 Å². The zero-order valence-corrected chi connectivity index (χ0v) is 20.5. The minimum atomic E-state index is 0. The molecule has 0 saturated carbocycles. The molecule has 170 valence electrons. The van der Waals surface area contributed by atoms with Gasteiger partial charge < -0.3 is 29.5 Å². The molecule has 1 aromatic rings. The van der Waals surface area contributed by atoms with Gasteiger partial charge in [0.05, 0.1) is 32.5 Å². The molecule has 1 unspecified atom stereocenters. The highest BCUT2D eigenvalue weighted by atomic mass is 127. The second kappa shape index (κ2) is 13.2. The maximum atomic E-state index is 9.96. The predicted octanol–water partition coefficient (Wildman–Crippen LogP) is 3.53. The summed E-state index contributed by atoms with van der Waals surface area (Å²) >= 11 is 0. The van der Waals surface area contributed by atoms with E-state index in [0.29, 0.717) is 18.4 Å². The highest BCUT2D eigenvalue weighted by molar-refractivity contribution is 14.0. The van der Waals surface area contributed by atoms with Crippen LogP contribution in [0.3, 0.4) is 0 Å². The number of methoxy groups -OCH3 is 1. The van der Waals surface area contributed by atoms with Crippen LogP contribution in [0.1, 0.15) is 44.6 Å². The van der Waals surface area contributed by atoms with Gasteiger partial charge in [0.1, 0.15) is 0 Å². The van der Waals surface area contributed by atoms with E-state index >= 15 is 0 Å². The SMILES string of the molecule is CCNC(=NCc1ccc(OC)c(O)c1)N1CCC(OCC2CCCCO2)CC1.I. The Balaban J connectivity index is 0.00000320. The van der Waals surface area contributed by atoms with E-state index in [1.54, 1.807) is 19.2 Å². The van der Waals surface area contributed by atoms with Gasteiger partial charge in [0.2, 0.25) is 0 Å². The second-order valence-electron chi connectivity index (χ2n) is 7.68. The molecule has 2 heterocycles. The lowest BCUT2D eigenvalue weighted by Gasteiger charge is -2.35. The van der Waals surface area contributed by atoms with Crippen LogP contribution >= 0.6 is 24.0 Å². The first-order valence-corrected chi connectivity index (χ1v) is 10.8. The minimum absolute atomic E-state index is 0. The number of piperidine rings is 1. The Bertz CT molecular complexity index is 660. The van der Waals surface area contributed by atoms with E-state index in [1.807, 2.05) is 6.07 Å². The van der Waals surface area contributed by atoms with Gasteiger partial charge in [-0.05, 0) is 56.7 Å². The topological polar surface area (TPSA) is 75.6 Å². The molecule has 0 aromatic heterocycles. The Morgan fingerprint density at radius 3 is 2.70 bits per heavy atom. The first kappa shape index (κ1) is 25.0. The fourth-order valence-electron chi connectivity index (χ4n) is 3.84. The van der Waals surface area contributed by atoms with Crippen LogP contribution in [-0.4, -0.2) is 68.1 Å². The third-order valence-corrected chi connectivity index (χ3v) is 5.52. The maximum Gasteiger partial charge on any atom is 0.194 e. The van der Waals surface area contributed by atoms with Crippen LogP contribution in [0.5, 0.6) is 11.5 Å². The summed E-state index contributed by atoms with van der Waals surface area (Å²) in [6.45, 7) is 6.86. The molecule has 7 nitrogen and oxygen atoms in total. The molecule has 2 saturated heterocycles. The molecule has 0 amide bonds. The van der Waals surface area contributed by atoms with Gasteiger partial charge in [-0.15, -0.1) is 24.0 Å². The molecule has 3 rings (SSSR count). The van der Waals surface area contributed by atoms with Crippen molar-refractivity contribution in [3.8, 4) is 11.5 Å². The number of phenolic OH excluding ortho intramolecular Hbond substituents is 1. The summed E-state index contributed by atoms with van der Waals surface area (Å²) in [5.41, 5.74) is 0.949. The fraction of sp³-hybridized carbons (Fsp3) is 0.682. The van der Waals surface area contributed by atoms with Crippen molar-refractivity contribution in [3.63, 3.8) is 0 Å². The van der Waals surface area contributed by atoms with Gasteiger partial charge in [-0.25, -0.2) is 4.99 Å². The summed E-state index contributed by atoms with van der Waals surface area (Å²) in [6, 6.07) is 5.41. The van der Waals surface area contributed by atoms with Crippen molar-refractivity contribution in [3.05, 3.63) is 23.8 Å². The number of ether oxygens (including phenoxy) is 3. The summed E-state index contributed by atoms with van der Waals surface area (Å²) in [5.74, 6) is 1.53. The first-order valence-electron chi connectivity index (χ1n) is 10.8. The number of aliphatic imine (C=N–C) groups is 1. The Hall–Kier alpha value is -1.26. The van der Waals surface area contributed by atoms with E-state index in [4.69, 9.17) is 19.2 Å². The Morgan fingerprint density at radius 1 is 1.27 bits per heavy atom. The number of rotatable bonds is 7. The molecule has 1 aromatic carbocycles. The number of hydrogen-bond acceptors (Lipinski definition) is 5. The third-order valence-electron chi connectivity index (χ3n) is 5.52. The average molecular weight is 533 g/mol. The number of nitrogens with one attached hydrogen (secondary N) is 1. The van der Waals surface area contributed by atoms with Crippen molar-refractivity contribution in [2.24, 2.45) is 4.99 Å². The van der Waals surface area contributed by atoms with E-state index in [-0.39, 0.29) is 35.8 Å². The van der Waals surface area contributed by atoms with Crippen LogP contribution in [-0.2, 0) is 16.0 Å². The summed E-state index contributed by atoms with van der Waals surface area (Å²) in [7, 11) is 1.55. The van der Waals surface area contributed by atoms with E-state index < -0.39 is 0 Å². The van der Waals surface area contributed by atoms with Crippen molar-refractivity contribution in [2.75, 3.05) is 40.0 Å². The monoisotopic (exact) mass is 533 g/mol.